The summed E-state index contributed by atoms with van der Waals surface area (Å²) in [7, 11) is -4.08. The fourth-order valence-corrected chi connectivity index (χ4v) is 4.02. The lowest BCUT2D eigenvalue weighted by molar-refractivity contribution is -0.386. The van der Waals surface area contributed by atoms with Crippen LogP contribution in [-0.4, -0.2) is 41.4 Å². The number of aliphatic hydroxyl groups is 1. The predicted octanol–water partition coefficient (Wildman–Crippen LogP) is 0.0258. The van der Waals surface area contributed by atoms with Crippen molar-refractivity contribution in [2.45, 2.75) is 23.8 Å². The predicted molar refractivity (Wildman–Crippen MR) is 74.9 cm³/mol. The van der Waals surface area contributed by atoms with Gasteiger partial charge in [-0.2, -0.15) is 4.31 Å². The Hall–Kier alpha value is -1.75. The molecule has 0 radical (unpaired) electrons. The fraction of sp³-hybridized carbons (Fsp3) is 0.455. The molecule has 1 aromatic carbocycles. The second-order valence-electron chi connectivity index (χ2n) is 5.14. The first-order chi connectivity index (χ1) is 9.69. The van der Waals surface area contributed by atoms with E-state index in [2.05, 4.69) is 5.43 Å². The van der Waals surface area contributed by atoms with Gasteiger partial charge in [-0.25, -0.2) is 8.42 Å². The number of nitro benzene ring substituents is 1. The molecule has 4 N–H and O–H groups in total. The monoisotopic (exact) mass is 316 g/mol. The molecule has 0 bridgehead atoms. The van der Waals surface area contributed by atoms with Gasteiger partial charge >= 0.3 is 5.69 Å². The second-order valence-corrected chi connectivity index (χ2v) is 7.05. The summed E-state index contributed by atoms with van der Waals surface area (Å²) in [6, 6.07) is 3.84. The summed E-state index contributed by atoms with van der Waals surface area (Å²) < 4.78 is 26.2. The van der Waals surface area contributed by atoms with Crippen LogP contribution in [0, 0.1) is 10.1 Å². The minimum atomic E-state index is -4.08. The number of β-amino-alcohol motifs (C(OH)–C–C–N with tert-alkyl or cyclic N) is 1. The molecule has 0 saturated carbocycles. The van der Waals surface area contributed by atoms with Crippen LogP contribution in [0.15, 0.2) is 23.1 Å². The molecule has 116 valence electrons. The number of sulfonamides is 1. The van der Waals surface area contributed by atoms with E-state index in [-0.39, 0.29) is 25.2 Å². The largest absolute Gasteiger partial charge is 0.389 e. The summed E-state index contributed by atoms with van der Waals surface area (Å²) >= 11 is 0. The van der Waals surface area contributed by atoms with Crippen LogP contribution in [0.3, 0.4) is 0 Å². The highest BCUT2D eigenvalue weighted by molar-refractivity contribution is 7.89. The maximum Gasteiger partial charge on any atom is 0.313 e. The molecule has 10 heteroatoms. The molecule has 1 atom stereocenters. The smallest absolute Gasteiger partial charge is 0.313 e. The average Bonchev–Trinajstić information content (AvgIpc) is 2.78. The Morgan fingerprint density at radius 2 is 2.19 bits per heavy atom. The van der Waals surface area contributed by atoms with Crippen molar-refractivity contribution in [2.75, 3.05) is 18.5 Å². The minimum Gasteiger partial charge on any atom is -0.389 e. The molecule has 1 unspecified atom stereocenters. The van der Waals surface area contributed by atoms with Crippen molar-refractivity contribution in [3.8, 4) is 0 Å². The number of nitrogens with zero attached hydrogens (tertiary/aromatic N) is 2. The summed E-state index contributed by atoms with van der Waals surface area (Å²) in [6.45, 7) is 1.52. The SMILES string of the molecule is CC1(O)CCN(S(=O)(=O)c2cccc(NN)c2[N+](=O)[O-])C1. The van der Waals surface area contributed by atoms with Crippen molar-refractivity contribution >= 4 is 21.4 Å². The number of nitrogens with one attached hydrogen (secondary N) is 1. The van der Waals surface area contributed by atoms with Crippen LogP contribution in [0.2, 0.25) is 0 Å². The van der Waals surface area contributed by atoms with Gasteiger partial charge in [-0.1, -0.05) is 6.07 Å². The zero-order valence-electron chi connectivity index (χ0n) is 11.3. The summed E-state index contributed by atoms with van der Waals surface area (Å²) in [4.78, 5) is 9.93. The Morgan fingerprint density at radius 1 is 1.52 bits per heavy atom. The van der Waals surface area contributed by atoms with Gasteiger partial charge in [0.25, 0.3) is 0 Å². The number of nitrogen functional groups attached to an aromatic ring is 1. The van der Waals surface area contributed by atoms with E-state index in [9.17, 15) is 23.6 Å². The Labute approximate surface area is 121 Å². The van der Waals surface area contributed by atoms with Crippen LogP contribution in [-0.2, 0) is 10.0 Å². The molecule has 1 fully saturated rings. The van der Waals surface area contributed by atoms with Crippen LogP contribution in [0.5, 0.6) is 0 Å². The summed E-state index contributed by atoms with van der Waals surface area (Å²) in [5.41, 5.74) is 0.293. The first-order valence-electron chi connectivity index (χ1n) is 6.15. The van der Waals surface area contributed by atoms with Gasteiger partial charge in [0, 0.05) is 13.1 Å². The van der Waals surface area contributed by atoms with Crippen molar-refractivity contribution in [1.82, 2.24) is 4.31 Å². The third-order valence-corrected chi connectivity index (χ3v) is 5.25. The van der Waals surface area contributed by atoms with Crippen molar-refractivity contribution in [3.05, 3.63) is 28.3 Å². The molecule has 1 heterocycles. The highest BCUT2D eigenvalue weighted by Gasteiger charge is 2.41. The van der Waals surface area contributed by atoms with Gasteiger partial charge in [0.1, 0.15) is 5.69 Å². The van der Waals surface area contributed by atoms with Crippen molar-refractivity contribution in [1.29, 1.82) is 0 Å². The van der Waals surface area contributed by atoms with E-state index in [0.717, 1.165) is 10.4 Å². The van der Waals surface area contributed by atoms with Crippen molar-refractivity contribution in [2.24, 2.45) is 5.84 Å². The Bertz CT molecular complexity index is 673. The molecule has 0 spiro atoms. The van der Waals surface area contributed by atoms with Gasteiger partial charge in [0.15, 0.2) is 4.90 Å². The van der Waals surface area contributed by atoms with Gasteiger partial charge < -0.3 is 10.5 Å². The lowest BCUT2D eigenvalue weighted by Crippen LogP contribution is -2.34. The Morgan fingerprint density at radius 3 is 2.67 bits per heavy atom. The van der Waals surface area contributed by atoms with E-state index >= 15 is 0 Å². The number of hydrogen-bond donors (Lipinski definition) is 3. The summed E-state index contributed by atoms with van der Waals surface area (Å²) in [5.74, 6) is 5.19. The van der Waals surface area contributed by atoms with Crippen LogP contribution >= 0.6 is 0 Å². The molecule has 1 aliphatic heterocycles. The fourth-order valence-electron chi connectivity index (χ4n) is 2.28. The molecule has 9 nitrogen and oxygen atoms in total. The second kappa shape index (κ2) is 5.22. The quantitative estimate of drug-likeness (QED) is 0.404. The molecule has 1 aliphatic rings. The number of benzene rings is 1. The van der Waals surface area contributed by atoms with E-state index in [4.69, 9.17) is 5.84 Å². The van der Waals surface area contributed by atoms with Gasteiger partial charge in [-0.15, -0.1) is 0 Å². The molecule has 1 saturated heterocycles. The lowest BCUT2D eigenvalue weighted by atomic mass is 10.1. The van der Waals surface area contributed by atoms with Gasteiger partial charge in [-0.3, -0.25) is 16.0 Å². The van der Waals surface area contributed by atoms with Crippen LogP contribution in [0.1, 0.15) is 13.3 Å². The number of hydrazine groups is 1. The van der Waals surface area contributed by atoms with E-state index in [1.54, 1.807) is 0 Å². The summed E-state index contributed by atoms with van der Waals surface area (Å²) in [5, 5.41) is 21.1. The van der Waals surface area contributed by atoms with E-state index < -0.39 is 31.1 Å². The molecular formula is C11H16N4O5S. The first-order valence-corrected chi connectivity index (χ1v) is 7.59. The minimum absolute atomic E-state index is 0.0907. The average molecular weight is 316 g/mol. The molecule has 21 heavy (non-hydrogen) atoms. The van der Waals surface area contributed by atoms with E-state index in [1.807, 2.05) is 0 Å². The van der Waals surface area contributed by atoms with Crippen LogP contribution < -0.4 is 11.3 Å². The third kappa shape index (κ3) is 2.83. The Kier molecular flexibility index (Phi) is 3.89. The van der Waals surface area contributed by atoms with Gasteiger partial charge in [-0.05, 0) is 25.5 Å². The topological polar surface area (TPSA) is 139 Å². The maximum absolute atomic E-state index is 12.6. The van der Waals surface area contributed by atoms with Gasteiger partial charge in [0.2, 0.25) is 10.0 Å². The zero-order chi connectivity index (χ0) is 15.8. The number of para-hydroxylation sites is 1. The summed E-state index contributed by atoms with van der Waals surface area (Å²) in [6.07, 6.45) is 0.273. The lowest BCUT2D eigenvalue weighted by Gasteiger charge is -2.19. The highest BCUT2D eigenvalue weighted by Crippen LogP contribution is 2.35. The van der Waals surface area contributed by atoms with E-state index in [0.29, 0.717) is 0 Å². The first kappa shape index (κ1) is 15.6. The number of nitro groups is 1. The molecule has 2 rings (SSSR count). The highest BCUT2D eigenvalue weighted by atomic mass is 32.2. The van der Waals surface area contributed by atoms with Gasteiger partial charge in [0.05, 0.1) is 10.5 Å². The number of anilines is 1. The number of hydrogen-bond acceptors (Lipinski definition) is 7. The number of rotatable bonds is 4. The maximum atomic E-state index is 12.6. The molecule has 0 aromatic heterocycles. The standard InChI is InChI=1S/C11H16N4O5S/c1-11(16)5-6-14(7-11)21(19,20)9-4-2-3-8(13-12)10(9)15(17)18/h2-4,13,16H,5-7,12H2,1H3. The molecule has 0 amide bonds. The van der Waals surface area contributed by atoms with Crippen LogP contribution in [0.4, 0.5) is 11.4 Å². The molecule has 0 aliphatic carbocycles. The van der Waals surface area contributed by atoms with Crippen molar-refractivity contribution in [3.63, 3.8) is 0 Å². The molecule has 1 aromatic rings. The number of nitrogens with two attached hydrogens (primary N) is 1. The Balaban J connectivity index is 2.53. The van der Waals surface area contributed by atoms with E-state index in [1.165, 1.54) is 19.1 Å². The normalized spacial score (nSPS) is 23.2. The molecular weight excluding hydrogens is 300 g/mol. The third-order valence-electron chi connectivity index (χ3n) is 3.37. The van der Waals surface area contributed by atoms with Crippen LogP contribution in [0.25, 0.3) is 0 Å². The zero-order valence-corrected chi connectivity index (χ0v) is 12.1. The van der Waals surface area contributed by atoms with Crippen molar-refractivity contribution < 1.29 is 18.4 Å².